The Morgan fingerprint density at radius 3 is 2.20 bits per heavy atom. The van der Waals surface area contributed by atoms with E-state index < -0.39 is 6.11 Å². The number of nitrogens with zero attached hydrogens (tertiary/aromatic N) is 5. The molecule has 3 aromatic heterocycles. The molecule has 0 unspecified atom stereocenters. The van der Waals surface area contributed by atoms with Gasteiger partial charge in [-0.3, -0.25) is 14.6 Å². The normalized spacial score (nSPS) is 17.1. The summed E-state index contributed by atoms with van der Waals surface area (Å²) in [5.41, 5.74) is 1.22. The SMILES string of the molecule is CC(F)(F)Oc1cccc(CC(=O)Nc2nnc([C@H]3CCC[C@H](c4nnc(NC(=O)Cc5ccccn5)s4)C3)s2)c1. The fourth-order valence-corrected chi connectivity index (χ4v) is 6.46. The van der Waals surface area contributed by atoms with Gasteiger partial charge in [0, 0.05) is 30.7 Å². The van der Waals surface area contributed by atoms with Gasteiger partial charge in [-0.05, 0) is 49.1 Å². The summed E-state index contributed by atoms with van der Waals surface area (Å²) in [7, 11) is 0. The van der Waals surface area contributed by atoms with Crippen molar-refractivity contribution in [2.45, 2.75) is 63.4 Å². The minimum atomic E-state index is -3.31. The van der Waals surface area contributed by atoms with Crippen LogP contribution in [0.4, 0.5) is 19.0 Å². The van der Waals surface area contributed by atoms with E-state index in [-0.39, 0.29) is 42.2 Å². The number of aromatic nitrogens is 5. The molecule has 2 amide bonds. The van der Waals surface area contributed by atoms with Gasteiger partial charge in [0.15, 0.2) is 0 Å². The Labute approximate surface area is 242 Å². The first kappa shape index (κ1) is 28.6. The van der Waals surface area contributed by atoms with E-state index in [0.29, 0.717) is 28.4 Å². The molecule has 10 nitrogen and oxygen atoms in total. The number of halogens is 2. The Morgan fingerprint density at radius 1 is 0.927 bits per heavy atom. The maximum Gasteiger partial charge on any atom is 0.394 e. The quantitative estimate of drug-likeness (QED) is 0.242. The molecular weight excluding hydrogens is 572 g/mol. The fourth-order valence-electron chi connectivity index (χ4n) is 4.64. The van der Waals surface area contributed by atoms with Gasteiger partial charge in [-0.2, -0.15) is 8.78 Å². The van der Waals surface area contributed by atoms with Gasteiger partial charge < -0.3 is 15.4 Å². The van der Waals surface area contributed by atoms with Crippen LogP contribution in [0.25, 0.3) is 0 Å². The molecule has 2 atom stereocenters. The molecule has 5 rings (SSSR count). The van der Waals surface area contributed by atoms with Crippen molar-refractivity contribution in [3.05, 3.63) is 69.9 Å². The predicted octanol–water partition coefficient (Wildman–Crippen LogP) is 5.58. The number of ether oxygens (including phenoxy) is 1. The van der Waals surface area contributed by atoms with Crippen molar-refractivity contribution in [1.82, 2.24) is 25.4 Å². The summed E-state index contributed by atoms with van der Waals surface area (Å²) in [6.45, 7) is 0.658. The van der Waals surface area contributed by atoms with Crippen molar-refractivity contribution in [1.29, 1.82) is 0 Å². The lowest BCUT2D eigenvalue weighted by atomic mass is 9.82. The zero-order chi connectivity index (χ0) is 28.8. The molecule has 1 fully saturated rings. The van der Waals surface area contributed by atoms with Crippen molar-refractivity contribution >= 4 is 44.8 Å². The maximum atomic E-state index is 13.1. The van der Waals surface area contributed by atoms with E-state index in [1.807, 2.05) is 6.07 Å². The summed E-state index contributed by atoms with van der Waals surface area (Å²) in [6.07, 6.45) is 2.18. The maximum absolute atomic E-state index is 13.1. The van der Waals surface area contributed by atoms with Crippen LogP contribution in [-0.4, -0.2) is 43.3 Å². The van der Waals surface area contributed by atoms with Crippen LogP contribution in [0.5, 0.6) is 5.75 Å². The van der Waals surface area contributed by atoms with Crippen molar-refractivity contribution in [2.24, 2.45) is 0 Å². The van der Waals surface area contributed by atoms with E-state index in [9.17, 15) is 18.4 Å². The van der Waals surface area contributed by atoms with E-state index in [0.717, 1.165) is 35.7 Å². The minimum Gasteiger partial charge on any atom is -0.433 e. The lowest BCUT2D eigenvalue weighted by Crippen LogP contribution is -2.19. The van der Waals surface area contributed by atoms with Crippen LogP contribution >= 0.6 is 22.7 Å². The molecule has 214 valence electrons. The van der Waals surface area contributed by atoms with Crippen molar-refractivity contribution in [2.75, 3.05) is 10.6 Å². The van der Waals surface area contributed by atoms with Gasteiger partial charge >= 0.3 is 6.11 Å². The highest BCUT2D eigenvalue weighted by atomic mass is 32.1. The summed E-state index contributed by atoms with van der Waals surface area (Å²) in [5.74, 6) is -0.199. The van der Waals surface area contributed by atoms with Gasteiger partial charge in [0.25, 0.3) is 0 Å². The van der Waals surface area contributed by atoms with E-state index in [2.05, 4.69) is 40.7 Å². The predicted molar refractivity (Wildman–Crippen MR) is 150 cm³/mol. The second-order valence-corrected chi connectivity index (χ2v) is 11.8. The number of anilines is 2. The molecule has 1 saturated carbocycles. The van der Waals surface area contributed by atoms with Crippen molar-refractivity contribution in [3.63, 3.8) is 0 Å². The molecule has 1 aliphatic carbocycles. The molecule has 1 aromatic carbocycles. The monoisotopic (exact) mass is 599 g/mol. The number of rotatable bonds is 10. The number of nitrogens with one attached hydrogen (secondary N) is 2. The molecular formula is C27H27F2N7O3S2. The van der Waals surface area contributed by atoms with E-state index in [1.54, 1.807) is 30.5 Å². The molecule has 2 N–H and O–H groups in total. The van der Waals surface area contributed by atoms with E-state index in [4.69, 9.17) is 0 Å². The zero-order valence-corrected chi connectivity index (χ0v) is 23.7. The summed E-state index contributed by atoms with van der Waals surface area (Å²) in [5, 5.41) is 25.1. The standard InChI is InChI=1S/C27H27F2N7O3S2/c1-27(28,29)39-20-10-4-6-16(12-20)13-21(37)31-25-35-33-23(40-25)17-7-5-8-18(14-17)24-34-36-26(41-24)32-22(38)15-19-9-2-3-11-30-19/h2-4,6,9-12,17-18H,5,7-8,13-15H2,1H3,(H,31,35,37)(H,32,36,38)/t17-,18-/m0/s1. The van der Waals surface area contributed by atoms with Crippen LogP contribution in [0.15, 0.2) is 48.7 Å². The number of hydrogen-bond acceptors (Lipinski definition) is 10. The number of pyridine rings is 1. The topological polar surface area (TPSA) is 132 Å². The van der Waals surface area contributed by atoms with Crippen LogP contribution in [-0.2, 0) is 22.4 Å². The summed E-state index contributed by atoms with van der Waals surface area (Å²) in [6, 6.07) is 11.5. The van der Waals surface area contributed by atoms with Gasteiger partial charge in [-0.25, -0.2) is 0 Å². The first-order chi connectivity index (χ1) is 19.7. The Bertz CT molecular complexity index is 1490. The zero-order valence-electron chi connectivity index (χ0n) is 22.0. The number of benzene rings is 1. The second-order valence-electron chi connectivity index (χ2n) is 9.78. The number of alkyl halides is 2. The van der Waals surface area contributed by atoms with Crippen LogP contribution in [0.1, 0.15) is 65.7 Å². The van der Waals surface area contributed by atoms with Crippen LogP contribution in [0, 0.1) is 0 Å². The molecule has 41 heavy (non-hydrogen) atoms. The van der Waals surface area contributed by atoms with Crippen LogP contribution < -0.4 is 15.4 Å². The van der Waals surface area contributed by atoms with Crippen molar-refractivity contribution in [3.8, 4) is 5.75 Å². The third kappa shape index (κ3) is 8.30. The molecule has 0 spiro atoms. The molecule has 0 radical (unpaired) electrons. The van der Waals surface area contributed by atoms with E-state index >= 15 is 0 Å². The number of carbonyl (C=O) groups is 2. The third-order valence-electron chi connectivity index (χ3n) is 6.37. The lowest BCUT2D eigenvalue weighted by Gasteiger charge is -2.25. The molecule has 1 aliphatic rings. The Balaban J connectivity index is 1.14. The molecule has 0 aliphatic heterocycles. The van der Waals surface area contributed by atoms with Gasteiger partial charge in [0.2, 0.25) is 22.1 Å². The average Bonchev–Trinajstić information content (AvgIpc) is 3.58. The van der Waals surface area contributed by atoms with Crippen LogP contribution in [0.3, 0.4) is 0 Å². The summed E-state index contributed by atoms with van der Waals surface area (Å²) < 4.78 is 30.9. The van der Waals surface area contributed by atoms with Gasteiger partial charge in [-0.15, -0.1) is 20.4 Å². The highest BCUT2D eigenvalue weighted by Crippen LogP contribution is 2.43. The summed E-state index contributed by atoms with van der Waals surface area (Å²) in [4.78, 5) is 29.1. The number of hydrogen-bond donors (Lipinski definition) is 2. The fraction of sp³-hybridized carbons (Fsp3) is 0.370. The minimum absolute atomic E-state index is 0.0118. The third-order valence-corrected chi connectivity index (χ3v) is 8.38. The van der Waals surface area contributed by atoms with Gasteiger partial charge in [-0.1, -0.05) is 47.3 Å². The molecule has 4 aromatic rings. The van der Waals surface area contributed by atoms with Gasteiger partial charge in [0.1, 0.15) is 15.8 Å². The second kappa shape index (κ2) is 12.7. The number of amides is 2. The Kier molecular flexibility index (Phi) is 8.88. The molecule has 0 saturated heterocycles. The highest BCUT2D eigenvalue weighted by Gasteiger charge is 2.29. The van der Waals surface area contributed by atoms with Crippen LogP contribution in [0.2, 0.25) is 0 Å². The summed E-state index contributed by atoms with van der Waals surface area (Å²) >= 11 is 2.71. The highest BCUT2D eigenvalue weighted by molar-refractivity contribution is 7.15. The van der Waals surface area contributed by atoms with Crippen molar-refractivity contribution < 1.29 is 23.1 Å². The number of carbonyl (C=O) groups excluding carboxylic acids is 2. The smallest absolute Gasteiger partial charge is 0.394 e. The lowest BCUT2D eigenvalue weighted by molar-refractivity contribution is -0.159. The molecule has 3 heterocycles. The first-order valence-electron chi connectivity index (χ1n) is 13.0. The Hall–Kier alpha value is -3.91. The molecule has 0 bridgehead atoms. The average molecular weight is 600 g/mol. The van der Waals surface area contributed by atoms with E-state index in [1.165, 1.54) is 34.8 Å². The molecule has 14 heteroatoms. The first-order valence-corrected chi connectivity index (χ1v) is 14.7. The Morgan fingerprint density at radius 2 is 1.59 bits per heavy atom. The van der Waals surface area contributed by atoms with Gasteiger partial charge in [0.05, 0.1) is 12.8 Å². The largest absolute Gasteiger partial charge is 0.433 e.